The largest absolute Gasteiger partial charge is 0.471 e. The summed E-state index contributed by atoms with van der Waals surface area (Å²) in [4.78, 5) is 7.78. The molecule has 2 heterocycles. The van der Waals surface area contributed by atoms with Gasteiger partial charge in [-0.2, -0.15) is 0 Å². The van der Waals surface area contributed by atoms with Gasteiger partial charge in [0.25, 0.3) is 0 Å². The Hall–Kier alpha value is -0.940. The minimum atomic E-state index is -1.01. The van der Waals surface area contributed by atoms with Gasteiger partial charge in [0, 0.05) is 12.1 Å². The third-order valence-electron chi connectivity index (χ3n) is 2.59. The standard InChI is InChI=1S/C10H13ClFN3O/c1-6-9(11)14-5-15-10(6)16-8-2-3-13-4-7(8)12/h5,7-8,13H,2-4H2,1H3/t7-,8+/m1/s1. The monoisotopic (exact) mass is 245 g/mol. The molecule has 1 aromatic heterocycles. The fraction of sp³-hybridized carbons (Fsp3) is 0.600. The third kappa shape index (κ3) is 2.41. The Labute approximate surface area is 98.2 Å². The van der Waals surface area contributed by atoms with Gasteiger partial charge < -0.3 is 10.1 Å². The minimum absolute atomic E-state index is 0.322. The second-order valence-corrected chi connectivity index (χ2v) is 4.12. The number of nitrogens with zero attached hydrogens (tertiary/aromatic N) is 2. The summed E-state index contributed by atoms with van der Waals surface area (Å²) in [7, 11) is 0. The van der Waals surface area contributed by atoms with Crippen LogP contribution < -0.4 is 10.1 Å². The lowest BCUT2D eigenvalue weighted by Gasteiger charge is -2.27. The average Bonchev–Trinajstić information content (AvgIpc) is 2.28. The Kier molecular flexibility index (Phi) is 3.56. The zero-order valence-electron chi connectivity index (χ0n) is 8.91. The van der Waals surface area contributed by atoms with Gasteiger partial charge in [0.05, 0.1) is 0 Å². The highest BCUT2D eigenvalue weighted by molar-refractivity contribution is 6.30. The van der Waals surface area contributed by atoms with Crippen LogP contribution in [0.15, 0.2) is 6.33 Å². The predicted molar refractivity (Wildman–Crippen MR) is 58.6 cm³/mol. The number of halogens is 2. The summed E-state index contributed by atoms with van der Waals surface area (Å²) in [6.07, 6.45) is 0.481. The first-order valence-corrected chi connectivity index (χ1v) is 5.55. The van der Waals surface area contributed by atoms with E-state index in [4.69, 9.17) is 16.3 Å². The molecule has 16 heavy (non-hydrogen) atoms. The van der Waals surface area contributed by atoms with Crippen molar-refractivity contribution in [1.82, 2.24) is 15.3 Å². The Bertz CT molecular complexity index is 377. The van der Waals surface area contributed by atoms with Crippen molar-refractivity contribution in [3.8, 4) is 5.88 Å². The lowest BCUT2D eigenvalue weighted by atomic mass is 10.1. The van der Waals surface area contributed by atoms with Crippen molar-refractivity contribution in [3.05, 3.63) is 17.0 Å². The zero-order chi connectivity index (χ0) is 11.5. The first-order chi connectivity index (χ1) is 7.68. The van der Waals surface area contributed by atoms with E-state index in [0.29, 0.717) is 29.6 Å². The van der Waals surface area contributed by atoms with E-state index in [1.807, 2.05) is 0 Å². The maximum Gasteiger partial charge on any atom is 0.221 e. The van der Waals surface area contributed by atoms with Crippen molar-refractivity contribution in [2.45, 2.75) is 25.6 Å². The van der Waals surface area contributed by atoms with Gasteiger partial charge in [-0.3, -0.25) is 0 Å². The second-order valence-electron chi connectivity index (χ2n) is 3.76. The molecule has 0 aliphatic carbocycles. The number of alkyl halides is 1. The van der Waals surface area contributed by atoms with E-state index in [1.165, 1.54) is 6.33 Å². The minimum Gasteiger partial charge on any atom is -0.471 e. The molecular formula is C10H13ClFN3O. The molecule has 1 fully saturated rings. The van der Waals surface area contributed by atoms with Crippen molar-refractivity contribution in [2.24, 2.45) is 0 Å². The van der Waals surface area contributed by atoms with Crippen LogP contribution in [-0.4, -0.2) is 35.3 Å². The van der Waals surface area contributed by atoms with E-state index in [2.05, 4.69) is 15.3 Å². The Morgan fingerprint density at radius 3 is 3.12 bits per heavy atom. The molecule has 0 radical (unpaired) electrons. The lowest BCUT2D eigenvalue weighted by molar-refractivity contribution is 0.0686. The summed E-state index contributed by atoms with van der Waals surface area (Å²) in [6, 6.07) is 0. The van der Waals surface area contributed by atoms with E-state index >= 15 is 0 Å². The molecule has 0 spiro atoms. The molecule has 1 saturated heterocycles. The van der Waals surface area contributed by atoms with Crippen LogP contribution in [0.25, 0.3) is 0 Å². The van der Waals surface area contributed by atoms with Crippen LogP contribution in [0.3, 0.4) is 0 Å². The van der Waals surface area contributed by atoms with E-state index in [0.717, 1.165) is 6.54 Å². The molecule has 2 rings (SSSR count). The van der Waals surface area contributed by atoms with Crippen molar-refractivity contribution in [2.75, 3.05) is 13.1 Å². The van der Waals surface area contributed by atoms with Gasteiger partial charge in [0.2, 0.25) is 5.88 Å². The van der Waals surface area contributed by atoms with Crippen LogP contribution in [0.1, 0.15) is 12.0 Å². The Balaban J connectivity index is 2.10. The number of piperidine rings is 1. The third-order valence-corrected chi connectivity index (χ3v) is 2.97. The predicted octanol–water partition coefficient (Wildman–Crippen LogP) is 1.52. The topological polar surface area (TPSA) is 47.0 Å². The maximum atomic E-state index is 13.5. The van der Waals surface area contributed by atoms with Crippen molar-refractivity contribution in [3.63, 3.8) is 0 Å². The van der Waals surface area contributed by atoms with Crippen LogP contribution in [-0.2, 0) is 0 Å². The summed E-state index contributed by atoms with van der Waals surface area (Å²) >= 11 is 5.83. The molecule has 0 bridgehead atoms. The van der Waals surface area contributed by atoms with E-state index in [9.17, 15) is 4.39 Å². The van der Waals surface area contributed by atoms with E-state index in [1.54, 1.807) is 6.92 Å². The van der Waals surface area contributed by atoms with Crippen LogP contribution in [0.4, 0.5) is 4.39 Å². The van der Waals surface area contributed by atoms with Crippen molar-refractivity contribution >= 4 is 11.6 Å². The summed E-state index contributed by atoms with van der Waals surface area (Å²) in [5.74, 6) is 0.370. The van der Waals surface area contributed by atoms with Gasteiger partial charge in [0.1, 0.15) is 23.8 Å². The molecular weight excluding hydrogens is 233 g/mol. The molecule has 1 N–H and O–H groups in total. The summed E-state index contributed by atoms with van der Waals surface area (Å²) < 4.78 is 19.0. The molecule has 0 saturated carbocycles. The quantitative estimate of drug-likeness (QED) is 0.803. The van der Waals surface area contributed by atoms with Crippen LogP contribution in [0, 0.1) is 6.92 Å². The number of nitrogens with one attached hydrogen (secondary N) is 1. The highest BCUT2D eigenvalue weighted by Crippen LogP contribution is 2.23. The Morgan fingerprint density at radius 1 is 1.56 bits per heavy atom. The van der Waals surface area contributed by atoms with Gasteiger partial charge in [0.15, 0.2) is 0 Å². The molecule has 6 heteroatoms. The SMILES string of the molecule is Cc1c(Cl)ncnc1O[C@H]1CCNC[C@H]1F. The summed E-state index contributed by atoms with van der Waals surface area (Å²) in [6.45, 7) is 2.83. The Morgan fingerprint density at radius 2 is 2.38 bits per heavy atom. The number of hydrogen-bond donors (Lipinski definition) is 1. The molecule has 1 aliphatic heterocycles. The molecule has 0 amide bonds. The number of hydrogen-bond acceptors (Lipinski definition) is 4. The highest BCUT2D eigenvalue weighted by atomic mass is 35.5. The highest BCUT2D eigenvalue weighted by Gasteiger charge is 2.27. The van der Waals surface area contributed by atoms with Gasteiger partial charge >= 0.3 is 0 Å². The fourth-order valence-electron chi connectivity index (χ4n) is 1.61. The van der Waals surface area contributed by atoms with Gasteiger partial charge in [-0.25, -0.2) is 14.4 Å². The zero-order valence-corrected chi connectivity index (χ0v) is 9.67. The molecule has 1 aliphatic rings. The smallest absolute Gasteiger partial charge is 0.221 e. The first-order valence-electron chi connectivity index (χ1n) is 5.17. The molecule has 88 valence electrons. The van der Waals surface area contributed by atoms with E-state index in [-0.39, 0.29) is 0 Å². The molecule has 0 aromatic carbocycles. The lowest BCUT2D eigenvalue weighted by Crippen LogP contribution is -2.44. The van der Waals surface area contributed by atoms with Crippen LogP contribution >= 0.6 is 11.6 Å². The van der Waals surface area contributed by atoms with Crippen LogP contribution in [0.2, 0.25) is 5.15 Å². The van der Waals surface area contributed by atoms with Gasteiger partial charge in [-0.15, -0.1) is 0 Å². The molecule has 1 aromatic rings. The number of ether oxygens (including phenoxy) is 1. The van der Waals surface area contributed by atoms with Crippen LogP contribution in [0.5, 0.6) is 5.88 Å². The molecule has 2 atom stereocenters. The second kappa shape index (κ2) is 4.93. The average molecular weight is 246 g/mol. The maximum absolute atomic E-state index is 13.5. The number of aromatic nitrogens is 2. The van der Waals surface area contributed by atoms with Gasteiger partial charge in [-0.1, -0.05) is 11.6 Å². The molecule has 4 nitrogen and oxygen atoms in total. The summed E-state index contributed by atoms with van der Waals surface area (Å²) in [5, 5.41) is 3.30. The fourth-order valence-corrected chi connectivity index (χ4v) is 1.73. The first kappa shape index (κ1) is 11.5. The van der Waals surface area contributed by atoms with E-state index < -0.39 is 12.3 Å². The number of rotatable bonds is 2. The van der Waals surface area contributed by atoms with Crippen molar-refractivity contribution < 1.29 is 9.13 Å². The molecule has 0 unspecified atom stereocenters. The van der Waals surface area contributed by atoms with Gasteiger partial charge in [-0.05, 0) is 19.9 Å². The van der Waals surface area contributed by atoms with Crippen molar-refractivity contribution in [1.29, 1.82) is 0 Å². The summed E-state index contributed by atoms with van der Waals surface area (Å²) in [5.41, 5.74) is 0.648. The normalized spacial score (nSPS) is 25.4.